The lowest BCUT2D eigenvalue weighted by Gasteiger charge is -2.51. The van der Waals surface area contributed by atoms with E-state index >= 15 is 0 Å². The number of nitrogens with zero attached hydrogens (tertiary/aromatic N) is 2. The molecule has 1 heterocycles. The Labute approximate surface area is 186 Å². The van der Waals surface area contributed by atoms with Gasteiger partial charge in [-0.25, -0.2) is 0 Å². The molecule has 2 amide bonds. The highest BCUT2D eigenvalue weighted by atomic mass is 16.5. The zero-order chi connectivity index (χ0) is 22.6. The van der Waals surface area contributed by atoms with E-state index < -0.39 is 5.54 Å². The van der Waals surface area contributed by atoms with E-state index in [-0.39, 0.29) is 11.8 Å². The van der Waals surface area contributed by atoms with Crippen molar-refractivity contribution in [2.75, 3.05) is 26.8 Å². The highest BCUT2D eigenvalue weighted by Gasteiger charge is 2.50. The van der Waals surface area contributed by atoms with Crippen LogP contribution in [0.5, 0.6) is 0 Å². The lowest BCUT2D eigenvalue weighted by Crippen LogP contribution is -2.68. The second-order valence-electron chi connectivity index (χ2n) is 8.95. The molecular formula is C26H34N2O3. The van der Waals surface area contributed by atoms with E-state index in [1.165, 1.54) is 5.56 Å². The van der Waals surface area contributed by atoms with Crippen molar-refractivity contribution >= 4 is 11.8 Å². The maximum absolute atomic E-state index is 13.6. The summed E-state index contributed by atoms with van der Waals surface area (Å²) in [6, 6.07) is 14.4. The summed E-state index contributed by atoms with van der Waals surface area (Å²) in [4.78, 5) is 30.3. The normalized spacial score (nSPS) is 17.9. The molecule has 1 aliphatic heterocycles. The van der Waals surface area contributed by atoms with E-state index in [0.29, 0.717) is 39.1 Å². The Kier molecular flexibility index (Phi) is 7.16. The second kappa shape index (κ2) is 9.65. The third-order valence-electron chi connectivity index (χ3n) is 6.16. The van der Waals surface area contributed by atoms with Crippen molar-refractivity contribution in [2.45, 2.75) is 52.6 Å². The number of ether oxygens (including phenoxy) is 1. The number of hydrogen-bond acceptors (Lipinski definition) is 3. The van der Waals surface area contributed by atoms with Crippen molar-refractivity contribution < 1.29 is 14.3 Å². The van der Waals surface area contributed by atoms with Gasteiger partial charge in [-0.15, -0.1) is 0 Å². The fourth-order valence-corrected chi connectivity index (χ4v) is 4.33. The Morgan fingerprint density at radius 2 is 1.65 bits per heavy atom. The van der Waals surface area contributed by atoms with Crippen LogP contribution in [-0.2, 0) is 27.3 Å². The van der Waals surface area contributed by atoms with Crippen molar-refractivity contribution in [3.8, 4) is 0 Å². The highest BCUT2D eigenvalue weighted by Crippen LogP contribution is 2.33. The number of carbonyl (C=O) groups excluding carboxylic acids is 2. The lowest BCUT2D eigenvalue weighted by atomic mass is 9.84. The van der Waals surface area contributed by atoms with Gasteiger partial charge >= 0.3 is 0 Å². The topological polar surface area (TPSA) is 49.9 Å². The largest absolute Gasteiger partial charge is 0.383 e. The first-order valence-corrected chi connectivity index (χ1v) is 10.9. The van der Waals surface area contributed by atoms with Crippen molar-refractivity contribution in [3.63, 3.8) is 0 Å². The molecule has 1 saturated heterocycles. The predicted molar refractivity (Wildman–Crippen MR) is 123 cm³/mol. The van der Waals surface area contributed by atoms with Crippen LogP contribution in [0, 0.1) is 20.8 Å². The van der Waals surface area contributed by atoms with Gasteiger partial charge in [-0.3, -0.25) is 9.59 Å². The Hall–Kier alpha value is -2.66. The first-order valence-electron chi connectivity index (χ1n) is 10.9. The number of likely N-dealkylation sites (tertiary alicyclic amines) is 1. The smallest absolute Gasteiger partial charge is 0.248 e. The van der Waals surface area contributed by atoms with Crippen LogP contribution >= 0.6 is 0 Å². The molecule has 2 aromatic rings. The third kappa shape index (κ3) is 5.34. The molecule has 0 aliphatic carbocycles. The quantitative estimate of drug-likeness (QED) is 0.650. The Morgan fingerprint density at radius 3 is 2.19 bits per heavy atom. The van der Waals surface area contributed by atoms with Gasteiger partial charge in [0.1, 0.15) is 5.54 Å². The van der Waals surface area contributed by atoms with Gasteiger partial charge in [0, 0.05) is 26.7 Å². The molecule has 0 N–H and O–H groups in total. The fourth-order valence-electron chi connectivity index (χ4n) is 4.33. The van der Waals surface area contributed by atoms with Crippen molar-refractivity contribution in [1.29, 1.82) is 0 Å². The molecular weight excluding hydrogens is 388 g/mol. The number of methoxy groups -OCH3 is 1. The highest BCUT2D eigenvalue weighted by molar-refractivity contribution is 5.93. The molecule has 166 valence electrons. The summed E-state index contributed by atoms with van der Waals surface area (Å²) in [7, 11) is 1.64. The molecule has 1 aliphatic rings. The van der Waals surface area contributed by atoms with Crippen LogP contribution in [0.4, 0.5) is 0 Å². The van der Waals surface area contributed by atoms with Gasteiger partial charge in [0.25, 0.3) is 0 Å². The molecule has 5 nitrogen and oxygen atoms in total. The number of hydrogen-bond donors (Lipinski definition) is 0. The summed E-state index contributed by atoms with van der Waals surface area (Å²) in [5, 5.41) is 0. The number of amides is 2. The van der Waals surface area contributed by atoms with E-state index in [1.54, 1.807) is 12.0 Å². The average Bonchev–Trinajstić information content (AvgIpc) is 2.69. The molecule has 2 aromatic carbocycles. The summed E-state index contributed by atoms with van der Waals surface area (Å²) in [5.41, 5.74) is 4.76. The van der Waals surface area contributed by atoms with Gasteiger partial charge in [0.15, 0.2) is 0 Å². The van der Waals surface area contributed by atoms with E-state index in [0.717, 1.165) is 22.3 Å². The lowest BCUT2D eigenvalue weighted by molar-refractivity contribution is -0.164. The summed E-state index contributed by atoms with van der Waals surface area (Å²) in [6.45, 7) is 10.1. The van der Waals surface area contributed by atoms with Crippen molar-refractivity contribution in [2.24, 2.45) is 0 Å². The van der Waals surface area contributed by atoms with Gasteiger partial charge in [0.05, 0.1) is 13.0 Å². The molecule has 0 spiro atoms. The number of carbonyl (C=O) groups is 2. The maximum Gasteiger partial charge on any atom is 0.248 e. The van der Waals surface area contributed by atoms with Crippen LogP contribution in [0.3, 0.4) is 0 Å². The van der Waals surface area contributed by atoms with Gasteiger partial charge in [-0.05, 0) is 45.2 Å². The molecule has 0 aromatic heterocycles. The Bertz CT molecular complexity index is 918. The zero-order valence-corrected chi connectivity index (χ0v) is 19.4. The SMILES string of the molecule is COCCN(Cc1ccc(C)cc1)C(=O)C1(C)CCN1C(=O)Cc1cc(C)cc(C)c1. The summed E-state index contributed by atoms with van der Waals surface area (Å²) in [6.07, 6.45) is 1.00. The maximum atomic E-state index is 13.6. The van der Waals surface area contributed by atoms with Crippen LogP contribution in [0.2, 0.25) is 0 Å². The van der Waals surface area contributed by atoms with E-state index in [9.17, 15) is 9.59 Å². The van der Waals surface area contributed by atoms with Crippen molar-refractivity contribution in [3.05, 3.63) is 70.3 Å². The van der Waals surface area contributed by atoms with Crippen LogP contribution in [0.25, 0.3) is 0 Å². The first kappa shape index (κ1) is 23.0. The number of aryl methyl sites for hydroxylation is 3. The number of benzene rings is 2. The molecule has 0 bridgehead atoms. The predicted octanol–water partition coefficient (Wildman–Crippen LogP) is 3.82. The van der Waals surface area contributed by atoms with Crippen LogP contribution in [0.1, 0.15) is 41.2 Å². The average molecular weight is 423 g/mol. The minimum absolute atomic E-state index is 0.00845. The van der Waals surface area contributed by atoms with Gasteiger partial charge in [-0.2, -0.15) is 0 Å². The summed E-state index contributed by atoms with van der Waals surface area (Å²) in [5.74, 6) is -0.000671. The Morgan fingerprint density at radius 1 is 1.00 bits per heavy atom. The molecule has 5 heteroatoms. The van der Waals surface area contributed by atoms with Gasteiger partial charge in [-0.1, -0.05) is 59.2 Å². The van der Waals surface area contributed by atoms with Crippen molar-refractivity contribution in [1.82, 2.24) is 9.80 Å². The number of rotatable bonds is 8. The monoisotopic (exact) mass is 422 g/mol. The summed E-state index contributed by atoms with van der Waals surface area (Å²) < 4.78 is 5.24. The van der Waals surface area contributed by atoms with Gasteiger partial charge in [0.2, 0.25) is 11.8 Å². The molecule has 31 heavy (non-hydrogen) atoms. The van der Waals surface area contributed by atoms with Crippen LogP contribution in [-0.4, -0.2) is 54.0 Å². The first-order chi connectivity index (χ1) is 14.7. The third-order valence-corrected chi connectivity index (χ3v) is 6.16. The second-order valence-corrected chi connectivity index (χ2v) is 8.95. The molecule has 1 atom stereocenters. The standard InChI is InChI=1S/C26H34N2O3/c1-19-6-8-22(9-7-19)18-27(12-13-31-5)25(30)26(4)10-11-28(26)24(29)17-23-15-20(2)14-21(3)16-23/h6-9,14-16H,10-13,17-18H2,1-5H3. The van der Waals surface area contributed by atoms with Crippen LogP contribution < -0.4 is 0 Å². The molecule has 3 rings (SSSR count). The van der Waals surface area contributed by atoms with Gasteiger partial charge < -0.3 is 14.5 Å². The van der Waals surface area contributed by atoms with E-state index in [4.69, 9.17) is 4.74 Å². The summed E-state index contributed by atoms with van der Waals surface area (Å²) >= 11 is 0. The van der Waals surface area contributed by atoms with Crippen LogP contribution in [0.15, 0.2) is 42.5 Å². The van der Waals surface area contributed by atoms with E-state index in [1.807, 2.05) is 44.7 Å². The molecule has 1 unspecified atom stereocenters. The Balaban J connectivity index is 1.74. The molecule has 0 saturated carbocycles. The minimum atomic E-state index is -0.797. The minimum Gasteiger partial charge on any atom is -0.383 e. The molecule has 1 fully saturated rings. The zero-order valence-electron chi connectivity index (χ0n) is 19.4. The fraction of sp³-hybridized carbons (Fsp3) is 0.462. The van der Waals surface area contributed by atoms with E-state index in [2.05, 4.69) is 30.3 Å². The molecule has 0 radical (unpaired) electrons.